The molecule has 8 nitrogen and oxygen atoms in total. The smallest absolute Gasteiger partial charge is 0.240 e. The Kier molecular flexibility index (Phi) is 3.61. The summed E-state index contributed by atoms with van der Waals surface area (Å²) in [4.78, 5) is 31.5. The number of carbonyl (C=O) groups is 2. The number of nitrogens with zero attached hydrogens (tertiary/aromatic N) is 3. The van der Waals surface area contributed by atoms with Crippen LogP contribution in [0.4, 0.5) is 0 Å². The van der Waals surface area contributed by atoms with E-state index in [0.717, 1.165) is 0 Å². The molecular weight excluding hydrogens is 274 g/mol. The number of hydrogen-bond acceptors (Lipinski definition) is 6. The summed E-state index contributed by atoms with van der Waals surface area (Å²) in [5.74, 6) is 0.480. The number of nitrogens with one attached hydrogen (secondary N) is 2. The molecule has 1 aromatic heterocycles. The second-order valence-electron chi connectivity index (χ2n) is 5.13. The lowest BCUT2D eigenvalue weighted by atomic mass is 10.2. The zero-order valence-electron chi connectivity index (χ0n) is 11.7. The van der Waals surface area contributed by atoms with Gasteiger partial charge in [-0.25, -0.2) is 0 Å². The van der Waals surface area contributed by atoms with Gasteiger partial charge in [0.1, 0.15) is 18.1 Å². The van der Waals surface area contributed by atoms with Crippen molar-refractivity contribution in [3.8, 4) is 0 Å². The van der Waals surface area contributed by atoms with Crippen LogP contribution in [-0.4, -0.2) is 60.4 Å². The van der Waals surface area contributed by atoms with Crippen molar-refractivity contribution in [1.29, 1.82) is 0 Å². The quantitative estimate of drug-likeness (QED) is 0.739. The second-order valence-corrected chi connectivity index (χ2v) is 5.13. The third-order valence-corrected chi connectivity index (χ3v) is 3.53. The highest BCUT2D eigenvalue weighted by Gasteiger charge is 2.39. The summed E-state index contributed by atoms with van der Waals surface area (Å²) in [6, 6.07) is 3.57. The van der Waals surface area contributed by atoms with Crippen LogP contribution in [0.5, 0.6) is 0 Å². The maximum absolute atomic E-state index is 11.9. The molecule has 1 fully saturated rings. The van der Waals surface area contributed by atoms with Gasteiger partial charge in [-0.3, -0.25) is 19.5 Å². The Labute approximate surface area is 121 Å². The lowest BCUT2D eigenvalue weighted by Crippen LogP contribution is -2.62. The molecule has 3 heterocycles. The molecular formula is C13H17N5O3. The number of hydrogen-bond donors (Lipinski definition) is 2. The fourth-order valence-electron chi connectivity index (χ4n) is 2.48. The molecule has 2 aliphatic heterocycles. The van der Waals surface area contributed by atoms with Crippen LogP contribution in [0, 0.1) is 0 Å². The fourth-order valence-corrected chi connectivity index (χ4v) is 2.48. The summed E-state index contributed by atoms with van der Waals surface area (Å²) in [6.45, 7) is 0.799. The van der Waals surface area contributed by atoms with Crippen LogP contribution in [0.2, 0.25) is 0 Å². The standard InChI is InChI=1S/C13H17N5O3/c1-17-6-11(20)16-13-12(17)15-8-18(13)7-10(19)14-5-9-3-2-4-21-9/h2-4,8,12-13H,5-7H2,1H3,(H,14,19)(H,16,20). The Morgan fingerprint density at radius 2 is 2.48 bits per heavy atom. The molecule has 2 unspecified atom stereocenters. The van der Waals surface area contributed by atoms with Crippen LogP contribution < -0.4 is 10.6 Å². The maximum atomic E-state index is 11.9. The van der Waals surface area contributed by atoms with Crippen molar-refractivity contribution in [3.05, 3.63) is 24.2 Å². The molecule has 112 valence electrons. The van der Waals surface area contributed by atoms with Gasteiger partial charge in [0.05, 0.1) is 32.2 Å². The van der Waals surface area contributed by atoms with Gasteiger partial charge in [-0.15, -0.1) is 0 Å². The van der Waals surface area contributed by atoms with Crippen molar-refractivity contribution >= 4 is 18.2 Å². The summed E-state index contributed by atoms with van der Waals surface area (Å²) < 4.78 is 5.15. The van der Waals surface area contributed by atoms with Crippen molar-refractivity contribution in [2.75, 3.05) is 20.1 Å². The number of rotatable bonds is 4. The minimum Gasteiger partial charge on any atom is -0.467 e. The van der Waals surface area contributed by atoms with E-state index >= 15 is 0 Å². The molecule has 2 aliphatic rings. The van der Waals surface area contributed by atoms with Gasteiger partial charge in [0.15, 0.2) is 0 Å². The van der Waals surface area contributed by atoms with Crippen LogP contribution in [0.3, 0.4) is 0 Å². The highest BCUT2D eigenvalue weighted by Crippen LogP contribution is 2.17. The van der Waals surface area contributed by atoms with Gasteiger partial charge in [0.2, 0.25) is 11.8 Å². The van der Waals surface area contributed by atoms with Crippen molar-refractivity contribution in [1.82, 2.24) is 20.4 Å². The first-order valence-electron chi connectivity index (χ1n) is 6.71. The molecule has 2 N–H and O–H groups in total. The third kappa shape index (κ3) is 2.89. The third-order valence-electron chi connectivity index (χ3n) is 3.53. The average Bonchev–Trinajstić information content (AvgIpc) is 3.07. The normalized spacial score (nSPS) is 24.8. The van der Waals surface area contributed by atoms with Crippen molar-refractivity contribution in [3.63, 3.8) is 0 Å². The Morgan fingerprint density at radius 1 is 1.62 bits per heavy atom. The number of aliphatic imine (C=N–C) groups is 1. The van der Waals surface area contributed by atoms with E-state index in [0.29, 0.717) is 18.8 Å². The zero-order valence-corrected chi connectivity index (χ0v) is 11.7. The molecule has 0 spiro atoms. The van der Waals surface area contributed by atoms with Gasteiger partial charge in [0, 0.05) is 0 Å². The predicted molar refractivity (Wildman–Crippen MR) is 74.1 cm³/mol. The molecule has 1 saturated heterocycles. The summed E-state index contributed by atoms with van der Waals surface area (Å²) in [5, 5.41) is 5.62. The number of piperazine rings is 1. The highest BCUT2D eigenvalue weighted by molar-refractivity contribution is 5.83. The molecule has 0 aliphatic carbocycles. The zero-order chi connectivity index (χ0) is 14.8. The minimum atomic E-state index is -0.286. The van der Waals surface area contributed by atoms with Crippen molar-refractivity contribution < 1.29 is 14.0 Å². The molecule has 0 bridgehead atoms. The first-order chi connectivity index (χ1) is 10.1. The fraction of sp³-hybridized carbons (Fsp3) is 0.462. The van der Waals surface area contributed by atoms with Crippen LogP contribution in [0.1, 0.15) is 5.76 Å². The SMILES string of the molecule is CN1CC(=O)NC2C1N=CN2CC(=O)NCc1ccco1. The van der Waals surface area contributed by atoms with E-state index in [-0.39, 0.29) is 30.7 Å². The van der Waals surface area contributed by atoms with Gasteiger partial charge in [-0.05, 0) is 19.2 Å². The molecule has 3 rings (SSSR count). The number of fused-ring (bicyclic) bond motifs is 1. The molecule has 0 aromatic carbocycles. The van der Waals surface area contributed by atoms with Gasteiger partial charge in [-0.1, -0.05) is 0 Å². The Morgan fingerprint density at radius 3 is 3.24 bits per heavy atom. The first kappa shape index (κ1) is 13.6. The number of carbonyl (C=O) groups excluding carboxylic acids is 2. The van der Waals surface area contributed by atoms with Crippen LogP contribution in [-0.2, 0) is 16.1 Å². The van der Waals surface area contributed by atoms with Crippen molar-refractivity contribution in [2.45, 2.75) is 18.9 Å². The predicted octanol–water partition coefficient (Wildman–Crippen LogP) is -1.05. The largest absolute Gasteiger partial charge is 0.467 e. The lowest BCUT2D eigenvalue weighted by Gasteiger charge is -2.36. The monoisotopic (exact) mass is 291 g/mol. The maximum Gasteiger partial charge on any atom is 0.240 e. The summed E-state index contributed by atoms with van der Waals surface area (Å²) in [7, 11) is 1.84. The molecule has 2 amide bonds. The molecule has 2 atom stereocenters. The highest BCUT2D eigenvalue weighted by atomic mass is 16.3. The molecule has 8 heteroatoms. The van der Waals surface area contributed by atoms with E-state index < -0.39 is 0 Å². The van der Waals surface area contributed by atoms with Crippen molar-refractivity contribution in [2.24, 2.45) is 4.99 Å². The lowest BCUT2D eigenvalue weighted by molar-refractivity contribution is -0.130. The van der Waals surface area contributed by atoms with E-state index in [1.54, 1.807) is 29.6 Å². The van der Waals surface area contributed by atoms with Gasteiger partial charge >= 0.3 is 0 Å². The second kappa shape index (κ2) is 5.57. The number of furan rings is 1. The summed E-state index contributed by atoms with van der Waals surface area (Å²) in [6.07, 6.45) is 2.75. The molecule has 0 saturated carbocycles. The van der Waals surface area contributed by atoms with Crippen LogP contribution in [0.15, 0.2) is 27.8 Å². The molecule has 21 heavy (non-hydrogen) atoms. The Balaban J connectivity index is 1.54. The number of likely N-dealkylation sites (N-methyl/N-ethyl adjacent to an activating group) is 1. The van der Waals surface area contributed by atoms with E-state index in [2.05, 4.69) is 15.6 Å². The van der Waals surface area contributed by atoms with E-state index in [9.17, 15) is 9.59 Å². The molecule has 0 radical (unpaired) electrons. The van der Waals surface area contributed by atoms with E-state index in [4.69, 9.17) is 4.42 Å². The van der Waals surface area contributed by atoms with Gasteiger partial charge in [-0.2, -0.15) is 0 Å². The van der Waals surface area contributed by atoms with Crippen LogP contribution >= 0.6 is 0 Å². The average molecular weight is 291 g/mol. The van der Waals surface area contributed by atoms with Gasteiger partial charge < -0.3 is 20.0 Å². The van der Waals surface area contributed by atoms with Gasteiger partial charge in [0.25, 0.3) is 0 Å². The Bertz CT molecular complexity index is 556. The summed E-state index contributed by atoms with van der Waals surface area (Å²) >= 11 is 0. The molecule has 1 aromatic rings. The number of amides is 2. The summed E-state index contributed by atoms with van der Waals surface area (Å²) in [5.41, 5.74) is 0. The minimum absolute atomic E-state index is 0.0646. The van der Waals surface area contributed by atoms with E-state index in [1.165, 1.54) is 0 Å². The first-order valence-corrected chi connectivity index (χ1v) is 6.71. The van der Waals surface area contributed by atoms with Crippen LogP contribution in [0.25, 0.3) is 0 Å². The Hall–Kier alpha value is -2.35. The topological polar surface area (TPSA) is 90.2 Å². The van der Waals surface area contributed by atoms with E-state index in [1.807, 2.05) is 11.9 Å².